The van der Waals surface area contributed by atoms with E-state index in [0.29, 0.717) is 24.0 Å². The van der Waals surface area contributed by atoms with Crippen molar-refractivity contribution in [2.45, 2.75) is 36.2 Å². The number of rotatable bonds is 1. The third-order valence-corrected chi connectivity index (χ3v) is 6.81. The average Bonchev–Trinajstić information content (AvgIpc) is 2.40. The molecule has 2 aliphatic heterocycles. The molecule has 1 aromatic carbocycles. The fourth-order valence-electron chi connectivity index (χ4n) is 3.16. The molecule has 2 aliphatic rings. The summed E-state index contributed by atoms with van der Waals surface area (Å²) in [6, 6.07) is 3.71. The Bertz CT molecular complexity index is 778. The molecule has 1 fully saturated rings. The molecule has 0 spiro atoms. The van der Waals surface area contributed by atoms with Gasteiger partial charge >= 0.3 is 0 Å². The Hall–Kier alpha value is -1.74. The Morgan fingerprint density at radius 3 is 2.57 bits per heavy atom. The van der Waals surface area contributed by atoms with E-state index in [1.165, 1.54) is 0 Å². The van der Waals surface area contributed by atoms with E-state index in [4.69, 9.17) is 5.26 Å². The normalized spacial score (nSPS) is 26.8. The Morgan fingerprint density at radius 2 is 1.90 bits per heavy atom. The van der Waals surface area contributed by atoms with Gasteiger partial charge in [0.15, 0.2) is 21.5 Å². The van der Waals surface area contributed by atoms with Crippen LogP contribution in [0.15, 0.2) is 18.2 Å². The van der Waals surface area contributed by atoms with Gasteiger partial charge in [0.1, 0.15) is 0 Å². The molecule has 0 aromatic heterocycles. The van der Waals surface area contributed by atoms with Gasteiger partial charge < -0.3 is 0 Å². The molecule has 0 amide bonds. The Balaban J connectivity index is 2.13. The first-order valence-corrected chi connectivity index (χ1v) is 8.37. The van der Waals surface area contributed by atoms with Gasteiger partial charge in [-0.2, -0.15) is 5.26 Å². The Morgan fingerprint density at radius 1 is 1.19 bits per heavy atom. The van der Waals surface area contributed by atoms with E-state index >= 15 is 0 Å². The van der Waals surface area contributed by atoms with Gasteiger partial charge in [-0.3, -0.25) is 0 Å². The Labute approximate surface area is 121 Å². The van der Waals surface area contributed by atoms with Gasteiger partial charge in [0, 0.05) is 0 Å². The van der Waals surface area contributed by atoms with E-state index in [0.717, 1.165) is 18.6 Å². The summed E-state index contributed by atoms with van der Waals surface area (Å²) in [6.45, 7) is 0. The smallest absolute Gasteiger partial charge is 0.160 e. The first kappa shape index (κ1) is 14.2. The second-order valence-corrected chi connectivity index (χ2v) is 7.95. The maximum absolute atomic E-state index is 13.5. The summed E-state index contributed by atoms with van der Waals surface area (Å²) < 4.78 is 51.1. The number of benzene rings is 1. The van der Waals surface area contributed by atoms with Crippen LogP contribution < -0.4 is 0 Å². The minimum atomic E-state index is -3.17. The van der Waals surface area contributed by atoms with Crippen molar-refractivity contribution in [1.82, 2.24) is 0 Å². The molecular formula is C15H13F2NO2S. The van der Waals surface area contributed by atoms with Crippen molar-refractivity contribution in [2.75, 3.05) is 0 Å². The lowest BCUT2D eigenvalue weighted by molar-refractivity contribution is 0.507. The van der Waals surface area contributed by atoms with Gasteiger partial charge in [-0.15, -0.1) is 0 Å². The van der Waals surface area contributed by atoms with Crippen molar-refractivity contribution in [1.29, 1.82) is 5.26 Å². The lowest BCUT2D eigenvalue weighted by atomic mass is 9.91. The molecule has 3 nitrogen and oxygen atoms in total. The lowest BCUT2D eigenvalue weighted by Crippen LogP contribution is -2.38. The lowest BCUT2D eigenvalue weighted by Gasteiger charge is -2.33. The van der Waals surface area contributed by atoms with Crippen LogP contribution >= 0.6 is 0 Å². The summed E-state index contributed by atoms with van der Waals surface area (Å²) in [5.74, 6) is -2.09. The van der Waals surface area contributed by atoms with Crippen LogP contribution in [-0.4, -0.2) is 18.9 Å². The molecule has 0 saturated carbocycles. The minimum Gasteiger partial charge on any atom is -0.228 e. The maximum atomic E-state index is 13.5. The van der Waals surface area contributed by atoms with Crippen molar-refractivity contribution < 1.29 is 17.2 Å². The van der Waals surface area contributed by atoms with Gasteiger partial charge in [0.25, 0.3) is 0 Å². The zero-order valence-electron chi connectivity index (χ0n) is 11.1. The van der Waals surface area contributed by atoms with E-state index in [1.807, 2.05) is 6.07 Å². The van der Waals surface area contributed by atoms with E-state index < -0.39 is 32.0 Å². The zero-order valence-corrected chi connectivity index (χ0v) is 12.0. The largest absolute Gasteiger partial charge is 0.228 e. The highest BCUT2D eigenvalue weighted by Gasteiger charge is 2.40. The summed E-state index contributed by atoms with van der Waals surface area (Å²) in [5.41, 5.74) is 0.982. The SMILES string of the molecule is N#Cc1cc(F)c(F)cc1C1=CC2CCCC(C1)S2(=O)=O. The molecule has 2 unspecified atom stereocenters. The topological polar surface area (TPSA) is 57.9 Å². The van der Waals surface area contributed by atoms with Crippen LogP contribution in [0, 0.1) is 23.0 Å². The standard InChI is InChI=1S/C15H13F2NO2S/c16-14-6-10(8-18)13(7-15(14)17)9-4-11-2-1-3-12(5-9)21(11,19)20/h4,6-7,11-12H,1-3,5H2. The van der Waals surface area contributed by atoms with Crippen LogP contribution in [0.1, 0.15) is 36.8 Å². The molecule has 3 rings (SSSR count). The summed E-state index contributed by atoms with van der Waals surface area (Å²) in [5, 5.41) is 8.04. The second-order valence-electron chi connectivity index (χ2n) is 5.50. The van der Waals surface area contributed by atoms with Crippen molar-refractivity contribution >= 4 is 15.4 Å². The van der Waals surface area contributed by atoms with E-state index in [9.17, 15) is 17.2 Å². The van der Waals surface area contributed by atoms with Crippen molar-refractivity contribution in [3.8, 4) is 6.07 Å². The van der Waals surface area contributed by atoms with Crippen LogP contribution in [0.3, 0.4) is 0 Å². The quantitative estimate of drug-likeness (QED) is 0.801. The number of nitrogens with zero attached hydrogens (tertiary/aromatic N) is 1. The molecule has 0 aliphatic carbocycles. The zero-order chi connectivity index (χ0) is 15.2. The molecular weight excluding hydrogens is 296 g/mol. The Kier molecular flexibility index (Phi) is 3.33. The average molecular weight is 309 g/mol. The predicted octanol–water partition coefficient (Wildman–Crippen LogP) is 2.96. The van der Waals surface area contributed by atoms with Crippen molar-refractivity contribution in [3.63, 3.8) is 0 Å². The molecule has 1 saturated heterocycles. The fourth-order valence-corrected chi connectivity index (χ4v) is 5.41. The highest BCUT2D eigenvalue weighted by Crippen LogP contribution is 2.40. The van der Waals surface area contributed by atoms with E-state index in [1.54, 1.807) is 6.08 Å². The molecule has 2 bridgehead atoms. The first-order chi connectivity index (χ1) is 9.93. The maximum Gasteiger partial charge on any atom is 0.160 e. The van der Waals surface area contributed by atoms with E-state index in [2.05, 4.69) is 0 Å². The number of halogens is 2. The number of nitriles is 1. The monoisotopic (exact) mass is 309 g/mol. The highest BCUT2D eigenvalue weighted by atomic mass is 32.2. The molecule has 6 heteroatoms. The molecule has 0 N–H and O–H groups in total. The van der Waals surface area contributed by atoms with Gasteiger partial charge in [-0.25, -0.2) is 17.2 Å². The highest BCUT2D eigenvalue weighted by molar-refractivity contribution is 7.93. The summed E-state index contributed by atoms with van der Waals surface area (Å²) in [4.78, 5) is 0. The van der Waals surface area contributed by atoms with Crippen LogP contribution in [0.4, 0.5) is 8.78 Å². The number of fused-ring (bicyclic) bond motifs is 2. The van der Waals surface area contributed by atoms with Crippen molar-refractivity contribution in [2.24, 2.45) is 0 Å². The molecule has 0 radical (unpaired) electrons. The van der Waals surface area contributed by atoms with Gasteiger partial charge in [0.05, 0.1) is 22.1 Å². The fraction of sp³-hybridized carbons (Fsp3) is 0.400. The van der Waals surface area contributed by atoms with E-state index in [-0.39, 0.29) is 12.0 Å². The molecule has 2 atom stereocenters. The molecule has 21 heavy (non-hydrogen) atoms. The minimum absolute atomic E-state index is 0.0394. The molecule has 110 valence electrons. The number of sulfone groups is 1. The first-order valence-electron chi connectivity index (χ1n) is 6.76. The van der Waals surface area contributed by atoms with Crippen LogP contribution in [0.5, 0.6) is 0 Å². The molecule has 2 heterocycles. The van der Waals surface area contributed by atoms with Gasteiger partial charge in [-0.05, 0) is 42.5 Å². The third-order valence-electron chi connectivity index (χ3n) is 4.26. The predicted molar refractivity (Wildman–Crippen MR) is 74.0 cm³/mol. The third kappa shape index (κ3) is 2.26. The number of allylic oxidation sites excluding steroid dienone is 1. The van der Waals surface area contributed by atoms with Crippen LogP contribution in [0.25, 0.3) is 5.57 Å². The van der Waals surface area contributed by atoms with Crippen LogP contribution in [0.2, 0.25) is 0 Å². The van der Waals surface area contributed by atoms with Crippen LogP contribution in [-0.2, 0) is 9.84 Å². The summed E-state index contributed by atoms with van der Waals surface area (Å²) in [7, 11) is -3.17. The van der Waals surface area contributed by atoms with Gasteiger partial charge in [0.2, 0.25) is 0 Å². The van der Waals surface area contributed by atoms with Crippen molar-refractivity contribution in [3.05, 3.63) is 41.0 Å². The number of hydrogen-bond acceptors (Lipinski definition) is 3. The number of hydrogen-bond donors (Lipinski definition) is 0. The summed E-state index contributed by atoms with van der Waals surface area (Å²) in [6.07, 6.45) is 3.86. The second kappa shape index (κ2) is 4.92. The van der Waals surface area contributed by atoms with Gasteiger partial charge in [-0.1, -0.05) is 12.5 Å². The summed E-state index contributed by atoms with van der Waals surface area (Å²) >= 11 is 0. The molecule has 1 aromatic rings.